The molecule has 0 unspecified atom stereocenters. The van der Waals surface area contributed by atoms with Crippen molar-refractivity contribution in [2.45, 2.75) is 33.3 Å². The minimum atomic E-state index is -0.199. The van der Waals surface area contributed by atoms with Crippen LogP contribution in [-0.4, -0.2) is 30.1 Å². The molecule has 1 rings (SSSR count). The summed E-state index contributed by atoms with van der Waals surface area (Å²) in [4.78, 5) is 25.5. The number of hydrogen-bond acceptors (Lipinski definition) is 4. The van der Waals surface area contributed by atoms with Gasteiger partial charge in [0, 0.05) is 18.8 Å². The lowest BCUT2D eigenvalue weighted by Crippen LogP contribution is -2.25. The molecular weight excluding hydrogens is 240 g/mol. The van der Waals surface area contributed by atoms with Crippen molar-refractivity contribution in [2.75, 3.05) is 13.2 Å². The summed E-state index contributed by atoms with van der Waals surface area (Å²) in [5.41, 5.74) is 0.621. The van der Waals surface area contributed by atoms with Crippen molar-refractivity contribution in [3.05, 3.63) is 20.2 Å². The number of rotatable bonds is 6. The average molecular weight is 258 g/mol. The molecule has 0 bridgehead atoms. The van der Waals surface area contributed by atoms with Crippen molar-refractivity contribution >= 4 is 17.2 Å². The van der Waals surface area contributed by atoms with E-state index in [1.165, 1.54) is 0 Å². The lowest BCUT2D eigenvalue weighted by Gasteiger charge is -2.07. The molecule has 0 saturated carbocycles. The van der Waals surface area contributed by atoms with Gasteiger partial charge in [0.1, 0.15) is 4.88 Å². The van der Waals surface area contributed by atoms with Crippen LogP contribution in [0, 0.1) is 6.92 Å². The SMILES string of the molecule is Cc1[nH]c(=O)sc1C(=O)NCCCOC(C)C. The molecule has 0 fully saturated rings. The summed E-state index contributed by atoms with van der Waals surface area (Å²) in [6.07, 6.45) is 0.977. The average Bonchev–Trinajstić information content (AvgIpc) is 2.56. The van der Waals surface area contributed by atoms with E-state index in [1.54, 1.807) is 6.92 Å². The summed E-state index contributed by atoms with van der Waals surface area (Å²) in [5.74, 6) is -0.199. The molecule has 0 aromatic carbocycles. The third-order valence-electron chi connectivity index (χ3n) is 2.09. The second-order valence-corrected chi connectivity index (χ2v) is 4.98. The number of aromatic amines is 1. The van der Waals surface area contributed by atoms with Crippen LogP contribution in [0.5, 0.6) is 0 Å². The number of carbonyl (C=O) groups is 1. The van der Waals surface area contributed by atoms with Gasteiger partial charge in [0.25, 0.3) is 5.91 Å². The van der Waals surface area contributed by atoms with Crippen molar-refractivity contribution in [3.8, 4) is 0 Å². The van der Waals surface area contributed by atoms with Gasteiger partial charge in [-0.2, -0.15) is 0 Å². The van der Waals surface area contributed by atoms with E-state index in [9.17, 15) is 9.59 Å². The van der Waals surface area contributed by atoms with E-state index in [0.717, 1.165) is 17.8 Å². The first kappa shape index (κ1) is 13.9. The van der Waals surface area contributed by atoms with Gasteiger partial charge in [0.15, 0.2) is 0 Å². The summed E-state index contributed by atoms with van der Waals surface area (Å²) in [5, 5.41) is 2.76. The van der Waals surface area contributed by atoms with Crippen LogP contribution in [0.4, 0.5) is 0 Å². The molecule has 2 N–H and O–H groups in total. The van der Waals surface area contributed by atoms with Crippen molar-refractivity contribution in [3.63, 3.8) is 0 Å². The van der Waals surface area contributed by atoms with Crippen molar-refractivity contribution < 1.29 is 9.53 Å². The van der Waals surface area contributed by atoms with Crippen molar-refractivity contribution in [2.24, 2.45) is 0 Å². The van der Waals surface area contributed by atoms with Crippen LogP contribution in [0.1, 0.15) is 35.6 Å². The molecule has 0 aliphatic carbocycles. The van der Waals surface area contributed by atoms with Crippen LogP contribution in [0.2, 0.25) is 0 Å². The van der Waals surface area contributed by atoms with Gasteiger partial charge in [0.05, 0.1) is 6.10 Å². The molecule has 1 aromatic rings. The van der Waals surface area contributed by atoms with Crippen LogP contribution in [-0.2, 0) is 4.74 Å². The Kier molecular flexibility index (Phi) is 5.37. The number of hydrogen-bond donors (Lipinski definition) is 2. The Morgan fingerprint density at radius 2 is 2.24 bits per heavy atom. The Morgan fingerprint density at radius 3 is 2.76 bits per heavy atom. The summed E-state index contributed by atoms with van der Waals surface area (Å²) in [6, 6.07) is 0. The van der Waals surface area contributed by atoms with Crippen molar-refractivity contribution in [1.82, 2.24) is 10.3 Å². The lowest BCUT2D eigenvalue weighted by atomic mass is 10.3. The molecule has 17 heavy (non-hydrogen) atoms. The Balaban J connectivity index is 2.31. The van der Waals surface area contributed by atoms with Gasteiger partial charge < -0.3 is 15.0 Å². The van der Waals surface area contributed by atoms with Gasteiger partial charge in [0.2, 0.25) is 0 Å². The summed E-state index contributed by atoms with van der Waals surface area (Å²) in [7, 11) is 0. The molecule has 0 radical (unpaired) electrons. The molecule has 1 aromatic heterocycles. The van der Waals surface area contributed by atoms with E-state index in [4.69, 9.17) is 4.74 Å². The third kappa shape index (κ3) is 4.70. The minimum absolute atomic E-state index is 0.198. The molecule has 0 atom stereocenters. The Morgan fingerprint density at radius 1 is 1.53 bits per heavy atom. The fourth-order valence-corrected chi connectivity index (χ4v) is 2.05. The molecule has 5 nitrogen and oxygen atoms in total. The molecule has 0 aliphatic heterocycles. The Hall–Kier alpha value is -1.14. The largest absolute Gasteiger partial charge is 0.379 e. The summed E-state index contributed by atoms with van der Waals surface area (Å²) in [6.45, 7) is 6.84. The number of H-pyrrole nitrogens is 1. The molecule has 0 saturated heterocycles. The zero-order valence-corrected chi connectivity index (χ0v) is 11.1. The third-order valence-corrected chi connectivity index (χ3v) is 3.07. The smallest absolute Gasteiger partial charge is 0.305 e. The highest BCUT2D eigenvalue weighted by molar-refractivity contribution is 7.11. The van der Waals surface area contributed by atoms with E-state index >= 15 is 0 Å². The van der Waals surface area contributed by atoms with Crippen LogP contribution < -0.4 is 10.2 Å². The molecule has 96 valence electrons. The van der Waals surface area contributed by atoms with Gasteiger partial charge in [-0.25, -0.2) is 0 Å². The first-order valence-corrected chi connectivity index (χ1v) is 6.42. The van der Waals surface area contributed by atoms with Crippen LogP contribution >= 0.6 is 11.3 Å². The van der Waals surface area contributed by atoms with E-state index < -0.39 is 0 Å². The zero-order chi connectivity index (χ0) is 12.8. The second kappa shape index (κ2) is 6.56. The summed E-state index contributed by atoms with van der Waals surface area (Å²) < 4.78 is 5.35. The number of nitrogens with one attached hydrogen (secondary N) is 2. The van der Waals surface area contributed by atoms with E-state index in [1.807, 2.05) is 13.8 Å². The lowest BCUT2D eigenvalue weighted by molar-refractivity contribution is 0.0757. The van der Waals surface area contributed by atoms with E-state index in [2.05, 4.69) is 10.3 Å². The molecule has 6 heteroatoms. The predicted molar refractivity (Wildman–Crippen MR) is 67.7 cm³/mol. The van der Waals surface area contributed by atoms with Gasteiger partial charge in [-0.15, -0.1) is 0 Å². The topological polar surface area (TPSA) is 71.2 Å². The molecule has 1 heterocycles. The Labute approximate surface area is 104 Å². The van der Waals surface area contributed by atoms with Gasteiger partial charge >= 0.3 is 4.87 Å². The highest BCUT2D eigenvalue weighted by Gasteiger charge is 2.12. The van der Waals surface area contributed by atoms with Gasteiger partial charge in [-0.05, 0) is 27.2 Å². The van der Waals surface area contributed by atoms with Crippen LogP contribution in [0.15, 0.2) is 4.79 Å². The highest BCUT2D eigenvalue weighted by Crippen LogP contribution is 2.07. The monoisotopic (exact) mass is 258 g/mol. The summed E-state index contributed by atoms with van der Waals surface area (Å²) >= 11 is 0.937. The Bertz CT molecular complexity index is 423. The normalized spacial score (nSPS) is 10.8. The fourth-order valence-electron chi connectivity index (χ4n) is 1.29. The number of ether oxygens (including phenoxy) is 1. The number of carbonyl (C=O) groups excluding carboxylic acids is 1. The molecular formula is C11H18N2O3S. The second-order valence-electron chi connectivity index (χ2n) is 4.00. The quantitative estimate of drug-likeness (QED) is 0.755. The number of amides is 1. The van der Waals surface area contributed by atoms with E-state index in [0.29, 0.717) is 23.7 Å². The fraction of sp³-hybridized carbons (Fsp3) is 0.636. The van der Waals surface area contributed by atoms with Gasteiger partial charge in [-0.1, -0.05) is 11.3 Å². The highest BCUT2D eigenvalue weighted by atomic mass is 32.1. The van der Waals surface area contributed by atoms with Crippen molar-refractivity contribution in [1.29, 1.82) is 0 Å². The maximum Gasteiger partial charge on any atom is 0.305 e. The predicted octanol–water partition coefficient (Wildman–Crippen LogP) is 1.29. The standard InChI is InChI=1S/C11H18N2O3S/c1-7(2)16-6-4-5-12-10(14)9-8(3)13-11(15)17-9/h7H,4-6H2,1-3H3,(H,12,14)(H,13,15). The first-order chi connectivity index (χ1) is 8.00. The zero-order valence-electron chi connectivity index (χ0n) is 10.3. The van der Waals surface area contributed by atoms with Crippen LogP contribution in [0.25, 0.3) is 0 Å². The van der Waals surface area contributed by atoms with Crippen LogP contribution in [0.3, 0.4) is 0 Å². The minimum Gasteiger partial charge on any atom is -0.379 e. The number of thiazole rings is 1. The van der Waals surface area contributed by atoms with E-state index in [-0.39, 0.29) is 16.9 Å². The maximum absolute atomic E-state index is 11.7. The maximum atomic E-state index is 11.7. The number of aryl methyl sites for hydroxylation is 1. The molecule has 0 aliphatic rings. The molecule has 0 spiro atoms. The van der Waals surface area contributed by atoms with Gasteiger partial charge in [-0.3, -0.25) is 9.59 Å². The molecule has 1 amide bonds. The number of aromatic nitrogens is 1. The first-order valence-electron chi connectivity index (χ1n) is 5.60.